The highest BCUT2D eigenvalue weighted by Crippen LogP contribution is 2.38. The Hall–Kier alpha value is -0.740. The van der Waals surface area contributed by atoms with Gasteiger partial charge in [0.05, 0.1) is 16.0 Å². The Bertz CT molecular complexity index is 410. The molecule has 0 spiro atoms. The van der Waals surface area contributed by atoms with E-state index in [4.69, 9.17) is 11.6 Å². The molecule has 0 fully saturated rings. The van der Waals surface area contributed by atoms with Crippen molar-refractivity contribution in [2.24, 2.45) is 0 Å². The molecule has 1 aliphatic rings. The first-order valence-electron chi connectivity index (χ1n) is 4.04. The van der Waals surface area contributed by atoms with Gasteiger partial charge < -0.3 is 5.32 Å². The zero-order chi connectivity index (χ0) is 10.3. The summed E-state index contributed by atoms with van der Waals surface area (Å²) < 4.78 is 13.0. The van der Waals surface area contributed by atoms with E-state index in [-0.39, 0.29) is 16.2 Å². The molecule has 1 N–H and O–H groups in total. The van der Waals surface area contributed by atoms with Crippen LogP contribution in [0.4, 0.5) is 10.1 Å². The van der Waals surface area contributed by atoms with Crippen molar-refractivity contribution in [3.8, 4) is 0 Å². The fourth-order valence-corrected chi connectivity index (χ4v) is 2.40. The van der Waals surface area contributed by atoms with E-state index in [0.29, 0.717) is 5.69 Å². The molecule has 0 saturated heterocycles. The minimum atomic E-state index is -0.513. The molecule has 0 bridgehead atoms. The molecule has 1 unspecified atom stereocenters. The fourth-order valence-electron chi connectivity index (χ4n) is 1.20. The molecule has 74 valence electrons. The molecule has 2 rings (SSSR count). The molecule has 0 aliphatic carbocycles. The van der Waals surface area contributed by atoms with E-state index < -0.39 is 5.82 Å². The normalized spacial score (nSPS) is 20.2. The largest absolute Gasteiger partial charge is 0.324 e. The average Bonchev–Trinajstić information content (AvgIpc) is 2.11. The molecule has 1 heterocycles. The van der Waals surface area contributed by atoms with Crippen LogP contribution in [0, 0.1) is 5.82 Å². The Morgan fingerprint density at radius 2 is 2.29 bits per heavy atom. The third-order valence-corrected chi connectivity index (χ3v) is 3.40. The topological polar surface area (TPSA) is 29.1 Å². The first kappa shape index (κ1) is 9.80. The van der Waals surface area contributed by atoms with Crippen LogP contribution < -0.4 is 5.32 Å². The summed E-state index contributed by atoms with van der Waals surface area (Å²) in [5.41, 5.74) is 0.500. The number of rotatable bonds is 0. The number of hydrogen-bond donors (Lipinski definition) is 1. The third-order valence-electron chi connectivity index (χ3n) is 1.95. The van der Waals surface area contributed by atoms with Crippen LogP contribution in [0.1, 0.15) is 6.92 Å². The number of fused-ring (bicyclic) bond motifs is 1. The Morgan fingerprint density at radius 3 is 3.00 bits per heavy atom. The SMILES string of the molecule is CC1Sc2cc(Cl)c(F)cc2NC1=O. The number of carbonyl (C=O) groups excluding carboxylic acids is 1. The van der Waals surface area contributed by atoms with Crippen molar-refractivity contribution < 1.29 is 9.18 Å². The van der Waals surface area contributed by atoms with Crippen LogP contribution in [-0.2, 0) is 4.79 Å². The average molecular weight is 232 g/mol. The van der Waals surface area contributed by atoms with Crippen LogP contribution in [0.25, 0.3) is 0 Å². The predicted molar refractivity (Wildman–Crippen MR) is 55.4 cm³/mol. The summed E-state index contributed by atoms with van der Waals surface area (Å²) in [6, 6.07) is 2.78. The highest BCUT2D eigenvalue weighted by molar-refractivity contribution is 8.01. The van der Waals surface area contributed by atoms with Crippen LogP contribution in [0.3, 0.4) is 0 Å². The first-order chi connectivity index (χ1) is 6.58. The predicted octanol–water partition coefficient (Wildman–Crippen LogP) is 2.91. The fraction of sp³-hybridized carbons (Fsp3) is 0.222. The molecule has 0 aromatic heterocycles. The molecule has 1 aromatic rings. The van der Waals surface area contributed by atoms with E-state index >= 15 is 0 Å². The zero-order valence-electron chi connectivity index (χ0n) is 7.30. The number of benzene rings is 1. The van der Waals surface area contributed by atoms with Gasteiger partial charge in [0.1, 0.15) is 5.82 Å². The van der Waals surface area contributed by atoms with E-state index in [2.05, 4.69) is 5.32 Å². The van der Waals surface area contributed by atoms with Gasteiger partial charge in [-0.2, -0.15) is 0 Å². The zero-order valence-corrected chi connectivity index (χ0v) is 8.88. The highest BCUT2D eigenvalue weighted by atomic mass is 35.5. The van der Waals surface area contributed by atoms with Gasteiger partial charge in [-0.3, -0.25) is 4.79 Å². The monoisotopic (exact) mass is 231 g/mol. The molecule has 1 atom stereocenters. The summed E-state index contributed by atoms with van der Waals surface area (Å²) in [6.45, 7) is 1.79. The van der Waals surface area contributed by atoms with E-state index in [1.807, 2.05) is 0 Å². The van der Waals surface area contributed by atoms with Gasteiger partial charge in [0.2, 0.25) is 5.91 Å². The van der Waals surface area contributed by atoms with Crippen molar-refractivity contribution in [2.45, 2.75) is 17.1 Å². The number of anilines is 1. The van der Waals surface area contributed by atoms with Crippen molar-refractivity contribution in [1.82, 2.24) is 0 Å². The standard InChI is InChI=1S/C9H7ClFNOS/c1-4-9(13)12-7-3-6(11)5(10)2-8(7)14-4/h2-4H,1H3,(H,12,13). The lowest BCUT2D eigenvalue weighted by atomic mass is 10.3. The van der Waals surface area contributed by atoms with Gasteiger partial charge in [-0.1, -0.05) is 11.6 Å². The maximum atomic E-state index is 13.0. The summed E-state index contributed by atoms with van der Waals surface area (Å²) in [5, 5.41) is 2.54. The quantitative estimate of drug-likeness (QED) is 0.744. The number of nitrogens with one attached hydrogen (secondary N) is 1. The van der Waals surface area contributed by atoms with Gasteiger partial charge in [-0.15, -0.1) is 11.8 Å². The van der Waals surface area contributed by atoms with E-state index in [1.165, 1.54) is 23.9 Å². The van der Waals surface area contributed by atoms with Crippen molar-refractivity contribution in [3.63, 3.8) is 0 Å². The summed E-state index contributed by atoms with van der Waals surface area (Å²) in [6.07, 6.45) is 0. The number of carbonyl (C=O) groups is 1. The van der Waals surface area contributed by atoms with Crippen molar-refractivity contribution in [1.29, 1.82) is 0 Å². The second-order valence-electron chi connectivity index (χ2n) is 3.01. The van der Waals surface area contributed by atoms with Crippen molar-refractivity contribution in [2.75, 3.05) is 5.32 Å². The maximum absolute atomic E-state index is 13.0. The molecule has 14 heavy (non-hydrogen) atoms. The number of hydrogen-bond acceptors (Lipinski definition) is 2. The van der Waals surface area contributed by atoms with Crippen LogP contribution in [0.2, 0.25) is 5.02 Å². The lowest BCUT2D eigenvalue weighted by molar-refractivity contribution is -0.115. The van der Waals surface area contributed by atoms with Gasteiger partial charge in [-0.25, -0.2) is 4.39 Å². The van der Waals surface area contributed by atoms with E-state index in [0.717, 1.165) is 4.90 Å². The van der Waals surface area contributed by atoms with E-state index in [9.17, 15) is 9.18 Å². The number of amides is 1. The number of halogens is 2. The molecule has 1 aliphatic heterocycles. The molecule has 2 nitrogen and oxygen atoms in total. The molecule has 5 heteroatoms. The van der Waals surface area contributed by atoms with Crippen LogP contribution in [0.5, 0.6) is 0 Å². The summed E-state index contributed by atoms with van der Waals surface area (Å²) in [7, 11) is 0. The van der Waals surface area contributed by atoms with E-state index in [1.54, 1.807) is 6.92 Å². The molecule has 0 saturated carbocycles. The lowest BCUT2D eigenvalue weighted by Crippen LogP contribution is -2.26. The molecule has 1 aromatic carbocycles. The second kappa shape index (κ2) is 3.44. The first-order valence-corrected chi connectivity index (χ1v) is 5.30. The minimum Gasteiger partial charge on any atom is -0.324 e. The Kier molecular flexibility index (Phi) is 2.41. The van der Waals surface area contributed by atoms with Gasteiger partial charge in [0.15, 0.2) is 0 Å². The maximum Gasteiger partial charge on any atom is 0.237 e. The van der Waals surface area contributed by atoms with Gasteiger partial charge in [-0.05, 0) is 13.0 Å². The smallest absolute Gasteiger partial charge is 0.237 e. The molecule has 1 amide bonds. The molecular weight excluding hydrogens is 225 g/mol. The van der Waals surface area contributed by atoms with Gasteiger partial charge in [0.25, 0.3) is 0 Å². The second-order valence-corrected chi connectivity index (χ2v) is 4.80. The Morgan fingerprint density at radius 1 is 1.57 bits per heavy atom. The third kappa shape index (κ3) is 1.60. The molecule has 0 radical (unpaired) electrons. The van der Waals surface area contributed by atoms with Gasteiger partial charge >= 0.3 is 0 Å². The van der Waals surface area contributed by atoms with Crippen molar-refractivity contribution in [3.05, 3.63) is 23.0 Å². The Balaban J connectivity index is 2.47. The van der Waals surface area contributed by atoms with Crippen LogP contribution in [0.15, 0.2) is 17.0 Å². The summed E-state index contributed by atoms with van der Waals surface area (Å²) in [4.78, 5) is 12.1. The van der Waals surface area contributed by atoms with Crippen LogP contribution in [-0.4, -0.2) is 11.2 Å². The van der Waals surface area contributed by atoms with Crippen LogP contribution >= 0.6 is 23.4 Å². The summed E-state index contributed by atoms with van der Waals surface area (Å²) >= 11 is 7.01. The van der Waals surface area contributed by atoms with Gasteiger partial charge in [0, 0.05) is 11.0 Å². The highest BCUT2D eigenvalue weighted by Gasteiger charge is 2.24. The molecular formula is C9H7ClFNOS. The van der Waals surface area contributed by atoms with Crippen molar-refractivity contribution >= 4 is 35.0 Å². The lowest BCUT2D eigenvalue weighted by Gasteiger charge is -2.21. The summed E-state index contributed by atoms with van der Waals surface area (Å²) in [5.74, 6) is -0.620. The minimum absolute atomic E-state index is 0.0830. The number of thioether (sulfide) groups is 1. The Labute approximate surface area is 89.8 Å².